The largest absolute Gasteiger partial charge is 0.401 e. The second-order valence-corrected chi connectivity index (χ2v) is 5.96. The van der Waals surface area contributed by atoms with Crippen molar-refractivity contribution in [3.63, 3.8) is 0 Å². The molecule has 0 spiro atoms. The zero-order valence-electron chi connectivity index (χ0n) is 13.8. The van der Waals surface area contributed by atoms with E-state index in [1.807, 2.05) is 0 Å². The molecule has 2 N–H and O–H groups in total. The van der Waals surface area contributed by atoms with Crippen LogP contribution in [-0.2, 0) is 5.41 Å². The first-order valence-corrected chi connectivity index (χ1v) is 8.23. The fourth-order valence-corrected chi connectivity index (χ4v) is 3.75. The monoisotopic (exact) mass is 293 g/mol. The molecule has 0 aromatic heterocycles. The van der Waals surface area contributed by atoms with Gasteiger partial charge in [-0.1, -0.05) is 93.9 Å². The predicted molar refractivity (Wildman–Crippen MR) is 95.7 cm³/mol. The van der Waals surface area contributed by atoms with E-state index in [-0.39, 0.29) is 5.41 Å². The Kier molecular flexibility index (Phi) is 5.43. The first-order valence-electron chi connectivity index (χ1n) is 8.23. The van der Waals surface area contributed by atoms with Gasteiger partial charge in [-0.15, -0.1) is 0 Å². The van der Waals surface area contributed by atoms with Gasteiger partial charge in [0.2, 0.25) is 0 Å². The van der Waals surface area contributed by atoms with Gasteiger partial charge in [-0.3, -0.25) is 0 Å². The summed E-state index contributed by atoms with van der Waals surface area (Å²) in [5, 5.41) is 0. The van der Waals surface area contributed by atoms with Gasteiger partial charge in [0.15, 0.2) is 0 Å². The summed E-state index contributed by atoms with van der Waals surface area (Å²) in [6.45, 7) is 8.70. The van der Waals surface area contributed by atoms with Crippen LogP contribution in [0.5, 0.6) is 0 Å². The molecule has 2 aromatic rings. The van der Waals surface area contributed by atoms with Gasteiger partial charge in [-0.2, -0.15) is 0 Å². The van der Waals surface area contributed by atoms with Gasteiger partial charge in [0.05, 0.1) is 5.41 Å². The number of rotatable bonds is 7. The van der Waals surface area contributed by atoms with E-state index < -0.39 is 0 Å². The lowest BCUT2D eigenvalue weighted by atomic mass is 9.62. The molecule has 1 heteroatoms. The number of hydrogen-bond acceptors (Lipinski definition) is 1. The fraction of sp³-hybridized carbons (Fsp3) is 0.333. The van der Waals surface area contributed by atoms with Gasteiger partial charge in [0.1, 0.15) is 0 Å². The Morgan fingerprint density at radius 2 is 1.41 bits per heavy atom. The normalized spacial score (nSPS) is 12.8. The highest BCUT2D eigenvalue weighted by Crippen LogP contribution is 2.46. The van der Waals surface area contributed by atoms with Crippen LogP contribution in [-0.4, -0.2) is 0 Å². The summed E-state index contributed by atoms with van der Waals surface area (Å²) in [5.41, 5.74) is 9.37. The first kappa shape index (κ1) is 16.4. The Morgan fingerprint density at radius 3 is 1.73 bits per heavy atom. The molecule has 2 aromatic carbocycles. The van der Waals surface area contributed by atoms with E-state index in [1.54, 1.807) is 0 Å². The number of hydrogen-bond donors (Lipinski definition) is 1. The van der Waals surface area contributed by atoms with Crippen molar-refractivity contribution in [3.05, 3.63) is 84.1 Å². The molecular weight excluding hydrogens is 266 g/mol. The van der Waals surface area contributed by atoms with Crippen molar-refractivity contribution in [3.8, 4) is 0 Å². The van der Waals surface area contributed by atoms with Crippen LogP contribution in [0.25, 0.3) is 0 Å². The molecule has 1 nitrogen and oxygen atoms in total. The van der Waals surface area contributed by atoms with Crippen LogP contribution in [0.1, 0.15) is 44.2 Å². The zero-order valence-corrected chi connectivity index (χ0v) is 13.8. The van der Waals surface area contributed by atoms with E-state index in [2.05, 4.69) is 81.1 Å². The Bertz CT molecular complexity index is 546. The Labute approximate surface area is 134 Å². The van der Waals surface area contributed by atoms with Crippen LogP contribution in [0.3, 0.4) is 0 Å². The van der Waals surface area contributed by atoms with Crippen LogP contribution in [0, 0.1) is 5.92 Å². The van der Waals surface area contributed by atoms with E-state index in [1.165, 1.54) is 11.1 Å². The van der Waals surface area contributed by atoms with Gasteiger partial charge in [0.25, 0.3) is 0 Å². The smallest absolute Gasteiger partial charge is 0.0618 e. The molecule has 0 radical (unpaired) electrons. The number of nitrogens with two attached hydrogens (primary N) is 1. The van der Waals surface area contributed by atoms with Crippen LogP contribution in [0.4, 0.5) is 0 Å². The highest BCUT2D eigenvalue weighted by atomic mass is 14.7. The maximum Gasteiger partial charge on any atom is 0.0618 e. The average Bonchev–Trinajstić information content (AvgIpc) is 2.56. The maximum absolute atomic E-state index is 6.45. The molecule has 2 rings (SSSR count). The minimum absolute atomic E-state index is 0.312. The minimum atomic E-state index is -0.312. The number of allylic oxidation sites excluding steroid dienone is 1. The molecule has 0 heterocycles. The lowest BCUT2D eigenvalue weighted by molar-refractivity contribution is 0.327. The molecule has 1 atom stereocenters. The summed E-state index contributed by atoms with van der Waals surface area (Å²) in [6, 6.07) is 21.2. The molecule has 116 valence electrons. The topological polar surface area (TPSA) is 26.0 Å². The first-order chi connectivity index (χ1) is 10.7. The van der Waals surface area contributed by atoms with Gasteiger partial charge >= 0.3 is 0 Å². The van der Waals surface area contributed by atoms with Gasteiger partial charge < -0.3 is 5.73 Å². The molecule has 0 aliphatic rings. The molecule has 0 saturated heterocycles. The Balaban J connectivity index is 2.73. The van der Waals surface area contributed by atoms with E-state index in [4.69, 9.17) is 5.73 Å². The quantitative estimate of drug-likeness (QED) is 0.739. The van der Waals surface area contributed by atoms with E-state index in [0.717, 1.165) is 25.0 Å². The summed E-state index contributed by atoms with van der Waals surface area (Å²) >= 11 is 0. The Hall–Kier alpha value is -2.02. The van der Waals surface area contributed by atoms with E-state index >= 15 is 0 Å². The second kappa shape index (κ2) is 7.31. The van der Waals surface area contributed by atoms with Gasteiger partial charge in [-0.25, -0.2) is 0 Å². The third-order valence-electron chi connectivity index (χ3n) is 4.71. The zero-order chi connectivity index (χ0) is 16.0. The van der Waals surface area contributed by atoms with Crippen molar-refractivity contribution in [1.82, 2.24) is 0 Å². The maximum atomic E-state index is 6.45. The lowest BCUT2D eigenvalue weighted by Crippen LogP contribution is -2.41. The van der Waals surface area contributed by atoms with Crippen molar-refractivity contribution in [2.45, 2.75) is 38.5 Å². The molecule has 0 aliphatic carbocycles. The molecular formula is C21H27N. The summed E-state index contributed by atoms with van der Waals surface area (Å²) < 4.78 is 0. The summed E-state index contributed by atoms with van der Waals surface area (Å²) in [6.07, 6.45) is 3.36. The van der Waals surface area contributed by atoms with Crippen molar-refractivity contribution < 1.29 is 0 Å². The summed E-state index contributed by atoms with van der Waals surface area (Å²) in [4.78, 5) is 0. The van der Waals surface area contributed by atoms with Crippen LogP contribution >= 0.6 is 0 Å². The third-order valence-corrected chi connectivity index (χ3v) is 4.71. The average molecular weight is 293 g/mol. The SMILES string of the molecule is C=C(N)C(c1ccccc1)(c1ccccc1)C(CC)CCC. The van der Waals surface area contributed by atoms with Gasteiger partial charge in [0, 0.05) is 5.70 Å². The minimum Gasteiger partial charge on any atom is -0.401 e. The van der Waals surface area contributed by atoms with Gasteiger partial charge in [-0.05, 0) is 23.5 Å². The van der Waals surface area contributed by atoms with E-state index in [9.17, 15) is 0 Å². The highest BCUT2D eigenvalue weighted by molar-refractivity contribution is 5.48. The Morgan fingerprint density at radius 1 is 0.955 bits per heavy atom. The van der Waals surface area contributed by atoms with E-state index in [0.29, 0.717) is 5.92 Å². The molecule has 0 aliphatic heterocycles. The summed E-state index contributed by atoms with van der Waals surface area (Å²) in [7, 11) is 0. The summed E-state index contributed by atoms with van der Waals surface area (Å²) in [5.74, 6) is 0.444. The molecule has 22 heavy (non-hydrogen) atoms. The van der Waals surface area contributed by atoms with Crippen LogP contribution in [0.15, 0.2) is 72.9 Å². The second-order valence-electron chi connectivity index (χ2n) is 5.96. The standard InChI is InChI=1S/C21H27N/c1-4-12-18(5-2)21(17(3)22,19-13-8-6-9-14-19)20-15-10-7-11-16-20/h6-11,13-16,18H,3-5,12,22H2,1-2H3. The predicted octanol–water partition coefficient (Wildman–Crippen LogP) is 5.27. The molecule has 0 bridgehead atoms. The molecule has 0 fully saturated rings. The molecule has 1 unspecified atom stereocenters. The van der Waals surface area contributed by atoms with Crippen molar-refractivity contribution in [1.29, 1.82) is 0 Å². The van der Waals surface area contributed by atoms with Crippen molar-refractivity contribution in [2.24, 2.45) is 11.7 Å². The highest BCUT2D eigenvalue weighted by Gasteiger charge is 2.42. The van der Waals surface area contributed by atoms with Crippen LogP contribution in [0.2, 0.25) is 0 Å². The molecule has 0 amide bonds. The lowest BCUT2D eigenvalue weighted by Gasteiger charge is -2.42. The molecule has 0 saturated carbocycles. The third kappa shape index (κ3) is 2.81. The van der Waals surface area contributed by atoms with Crippen LogP contribution < -0.4 is 5.73 Å². The fourth-order valence-electron chi connectivity index (χ4n) is 3.75. The number of benzene rings is 2. The van der Waals surface area contributed by atoms with Crippen molar-refractivity contribution >= 4 is 0 Å². The van der Waals surface area contributed by atoms with Crippen molar-refractivity contribution in [2.75, 3.05) is 0 Å².